The number of hydrogen-bond acceptors (Lipinski definition) is 6. The first-order valence-electron chi connectivity index (χ1n) is 11.8. The molecule has 1 N–H and O–H groups in total. The molecule has 8 nitrogen and oxygen atoms in total. The number of aromatic amines is 1. The smallest absolute Gasteiger partial charge is 0.252 e. The van der Waals surface area contributed by atoms with E-state index in [-0.39, 0.29) is 5.56 Å². The number of ether oxygens (including phenoxy) is 1. The minimum absolute atomic E-state index is 0.0880. The third kappa shape index (κ3) is 5.50. The van der Waals surface area contributed by atoms with Crippen LogP contribution >= 0.6 is 0 Å². The van der Waals surface area contributed by atoms with Gasteiger partial charge in [-0.3, -0.25) is 9.69 Å². The summed E-state index contributed by atoms with van der Waals surface area (Å²) < 4.78 is 7.11. The summed E-state index contributed by atoms with van der Waals surface area (Å²) in [5, 5.41) is 13.5. The number of H-pyrrole nitrogens is 1. The predicted molar refractivity (Wildman–Crippen MR) is 139 cm³/mol. The van der Waals surface area contributed by atoms with Gasteiger partial charge in [0.05, 0.1) is 20.2 Å². The second kappa shape index (κ2) is 10.5. The standard InChI is InChI=1S/C28H28N6O2/c1-20-8-13-26-23(14-20)15-24(28(35)29-26)18-33(16-22-9-11-25(36-2)12-10-22)19-27-30-31-32-34(27)17-21-6-4-3-5-7-21/h3-15H,16-19H2,1-2H3,(H,29,35). The van der Waals surface area contributed by atoms with Crippen LogP contribution < -0.4 is 10.3 Å². The average Bonchev–Trinajstić information content (AvgIpc) is 3.32. The molecule has 3 aromatic carbocycles. The predicted octanol–water partition coefficient (Wildman–Crippen LogP) is 4.08. The van der Waals surface area contributed by atoms with Gasteiger partial charge in [-0.05, 0) is 64.2 Å². The maximum Gasteiger partial charge on any atom is 0.252 e. The van der Waals surface area contributed by atoms with Gasteiger partial charge in [-0.1, -0.05) is 54.1 Å². The van der Waals surface area contributed by atoms with Crippen molar-refractivity contribution in [2.45, 2.75) is 33.1 Å². The quantitative estimate of drug-likeness (QED) is 0.342. The second-order valence-corrected chi connectivity index (χ2v) is 8.95. The Labute approximate surface area is 209 Å². The fourth-order valence-electron chi connectivity index (χ4n) is 4.30. The zero-order valence-corrected chi connectivity index (χ0v) is 20.4. The van der Waals surface area contributed by atoms with E-state index in [0.29, 0.717) is 31.7 Å². The van der Waals surface area contributed by atoms with Crippen LogP contribution in [-0.2, 0) is 26.2 Å². The van der Waals surface area contributed by atoms with Crippen LogP contribution in [-0.4, -0.2) is 37.2 Å². The summed E-state index contributed by atoms with van der Waals surface area (Å²) >= 11 is 0. The molecule has 0 aliphatic rings. The molecule has 0 aliphatic carbocycles. The lowest BCUT2D eigenvalue weighted by atomic mass is 10.1. The molecule has 0 saturated heterocycles. The van der Waals surface area contributed by atoms with E-state index in [9.17, 15) is 4.79 Å². The zero-order valence-electron chi connectivity index (χ0n) is 20.4. The molecule has 0 spiro atoms. The molecule has 0 atom stereocenters. The van der Waals surface area contributed by atoms with Crippen molar-refractivity contribution in [3.63, 3.8) is 0 Å². The Morgan fingerprint density at radius 1 is 0.917 bits per heavy atom. The van der Waals surface area contributed by atoms with E-state index < -0.39 is 0 Å². The number of tetrazole rings is 1. The highest BCUT2D eigenvalue weighted by Crippen LogP contribution is 2.18. The molecular formula is C28H28N6O2. The van der Waals surface area contributed by atoms with Crippen molar-refractivity contribution in [1.29, 1.82) is 0 Å². The normalized spacial score (nSPS) is 11.3. The Morgan fingerprint density at radius 3 is 2.50 bits per heavy atom. The third-order valence-corrected chi connectivity index (χ3v) is 6.18. The van der Waals surface area contributed by atoms with E-state index >= 15 is 0 Å². The highest BCUT2D eigenvalue weighted by Gasteiger charge is 2.16. The van der Waals surface area contributed by atoms with Gasteiger partial charge in [0.15, 0.2) is 5.82 Å². The number of pyridine rings is 1. The lowest BCUT2D eigenvalue weighted by molar-refractivity contribution is 0.236. The number of aryl methyl sites for hydroxylation is 1. The SMILES string of the molecule is COc1ccc(CN(Cc2cc3cc(C)ccc3[nH]c2=O)Cc2nnnn2Cc2ccccc2)cc1. The van der Waals surface area contributed by atoms with Gasteiger partial charge in [0.25, 0.3) is 5.56 Å². The number of aromatic nitrogens is 5. The van der Waals surface area contributed by atoms with Crippen LogP contribution in [0.1, 0.15) is 28.1 Å². The summed E-state index contributed by atoms with van der Waals surface area (Å²) in [6.45, 7) is 4.18. The van der Waals surface area contributed by atoms with Gasteiger partial charge in [-0.25, -0.2) is 4.68 Å². The van der Waals surface area contributed by atoms with Gasteiger partial charge < -0.3 is 9.72 Å². The van der Waals surface area contributed by atoms with Crippen molar-refractivity contribution in [3.05, 3.63) is 117 Å². The van der Waals surface area contributed by atoms with Crippen LogP contribution in [0.25, 0.3) is 10.9 Å². The highest BCUT2D eigenvalue weighted by molar-refractivity contribution is 5.79. The van der Waals surface area contributed by atoms with Crippen LogP contribution in [0, 0.1) is 6.92 Å². The van der Waals surface area contributed by atoms with Crippen molar-refractivity contribution < 1.29 is 4.74 Å². The number of benzene rings is 3. The minimum Gasteiger partial charge on any atom is -0.497 e. The topological polar surface area (TPSA) is 88.9 Å². The Kier molecular flexibility index (Phi) is 6.86. The molecule has 2 aromatic heterocycles. The molecule has 8 heteroatoms. The van der Waals surface area contributed by atoms with Crippen molar-refractivity contribution >= 4 is 10.9 Å². The summed E-state index contributed by atoms with van der Waals surface area (Å²) in [5.41, 5.74) is 4.82. The molecule has 2 heterocycles. The fourth-order valence-corrected chi connectivity index (χ4v) is 4.30. The van der Waals surface area contributed by atoms with Crippen molar-refractivity contribution in [3.8, 4) is 5.75 Å². The Morgan fingerprint density at radius 2 is 1.72 bits per heavy atom. The summed E-state index contributed by atoms with van der Waals surface area (Å²) in [5.74, 6) is 1.54. The van der Waals surface area contributed by atoms with Gasteiger partial charge >= 0.3 is 0 Å². The van der Waals surface area contributed by atoms with E-state index in [1.807, 2.05) is 72.3 Å². The Hall–Kier alpha value is -4.30. The first kappa shape index (κ1) is 23.4. The molecule has 0 saturated carbocycles. The van der Waals surface area contributed by atoms with Crippen LogP contribution in [0.3, 0.4) is 0 Å². The van der Waals surface area contributed by atoms with Crippen LogP contribution in [0.4, 0.5) is 0 Å². The first-order valence-corrected chi connectivity index (χ1v) is 11.8. The number of hydrogen-bond donors (Lipinski definition) is 1. The molecule has 5 aromatic rings. The molecule has 0 radical (unpaired) electrons. The molecule has 5 rings (SSSR count). The van der Waals surface area contributed by atoms with E-state index in [2.05, 4.69) is 43.6 Å². The molecule has 0 fully saturated rings. The highest BCUT2D eigenvalue weighted by atomic mass is 16.5. The molecule has 182 valence electrons. The average molecular weight is 481 g/mol. The van der Waals surface area contributed by atoms with Crippen LogP contribution in [0.15, 0.2) is 83.7 Å². The summed E-state index contributed by atoms with van der Waals surface area (Å²) in [7, 11) is 1.65. The summed E-state index contributed by atoms with van der Waals surface area (Å²) in [6.07, 6.45) is 0. The number of nitrogens with zero attached hydrogens (tertiary/aromatic N) is 5. The van der Waals surface area contributed by atoms with Gasteiger partial charge in [0.2, 0.25) is 0 Å². The van der Waals surface area contributed by atoms with E-state index in [4.69, 9.17) is 4.74 Å². The van der Waals surface area contributed by atoms with Gasteiger partial charge in [-0.15, -0.1) is 5.10 Å². The lowest BCUT2D eigenvalue weighted by Crippen LogP contribution is -2.28. The molecular weight excluding hydrogens is 452 g/mol. The minimum atomic E-state index is -0.0880. The van der Waals surface area contributed by atoms with Crippen molar-refractivity contribution in [2.24, 2.45) is 0 Å². The third-order valence-electron chi connectivity index (χ3n) is 6.18. The molecule has 0 amide bonds. The molecule has 36 heavy (non-hydrogen) atoms. The van der Waals surface area contributed by atoms with Crippen molar-refractivity contribution in [2.75, 3.05) is 7.11 Å². The van der Waals surface area contributed by atoms with Crippen LogP contribution in [0.5, 0.6) is 5.75 Å². The van der Waals surface area contributed by atoms with Gasteiger partial charge in [0.1, 0.15) is 5.75 Å². The number of methoxy groups -OCH3 is 1. The van der Waals surface area contributed by atoms with E-state index in [1.165, 1.54) is 0 Å². The van der Waals surface area contributed by atoms with E-state index in [1.54, 1.807) is 7.11 Å². The fraction of sp³-hybridized carbons (Fsp3) is 0.214. The number of rotatable bonds is 9. The van der Waals surface area contributed by atoms with Crippen LogP contribution in [0.2, 0.25) is 0 Å². The van der Waals surface area contributed by atoms with Gasteiger partial charge in [-0.2, -0.15) is 0 Å². The monoisotopic (exact) mass is 480 g/mol. The number of fused-ring (bicyclic) bond motifs is 1. The molecule has 0 aliphatic heterocycles. The Balaban J connectivity index is 1.44. The summed E-state index contributed by atoms with van der Waals surface area (Å²) in [6, 6.07) is 26.1. The lowest BCUT2D eigenvalue weighted by Gasteiger charge is -2.22. The number of nitrogens with one attached hydrogen (secondary N) is 1. The maximum atomic E-state index is 13.0. The zero-order chi connectivity index (χ0) is 24.9. The summed E-state index contributed by atoms with van der Waals surface area (Å²) in [4.78, 5) is 18.2. The largest absolute Gasteiger partial charge is 0.497 e. The second-order valence-electron chi connectivity index (χ2n) is 8.95. The first-order chi connectivity index (χ1) is 17.6. The molecule has 0 bridgehead atoms. The Bertz CT molecular complexity index is 1510. The maximum absolute atomic E-state index is 13.0. The van der Waals surface area contributed by atoms with E-state index in [0.717, 1.165) is 39.2 Å². The van der Waals surface area contributed by atoms with Crippen molar-refractivity contribution in [1.82, 2.24) is 30.1 Å². The molecule has 0 unspecified atom stereocenters. The van der Waals surface area contributed by atoms with Gasteiger partial charge in [0, 0.05) is 24.2 Å².